The molecule has 0 fully saturated rings. The SMILES string of the molecule is C=CCNC(=O)c1ccccc1NC(=O)CCCNC(=O)c1cccs1. The van der Waals surface area contributed by atoms with E-state index in [1.54, 1.807) is 36.4 Å². The average molecular weight is 371 g/mol. The Morgan fingerprint density at radius 1 is 1.04 bits per heavy atom. The number of nitrogens with one attached hydrogen (secondary N) is 3. The normalized spacial score (nSPS) is 10.0. The summed E-state index contributed by atoms with van der Waals surface area (Å²) in [6.45, 7) is 4.31. The number of hydrogen-bond donors (Lipinski definition) is 3. The van der Waals surface area contributed by atoms with Gasteiger partial charge in [-0.05, 0) is 30.0 Å². The van der Waals surface area contributed by atoms with Crippen LogP contribution in [0.3, 0.4) is 0 Å². The number of anilines is 1. The number of benzene rings is 1. The van der Waals surface area contributed by atoms with E-state index < -0.39 is 0 Å². The van der Waals surface area contributed by atoms with Crippen molar-refractivity contribution in [3.8, 4) is 0 Å². The zero-order chi connectivity index (χ0) is 18.8. The number of amides is 3. The molecule has 0 saturated carbocycles. The van der Waals surface area contributed by atoms with Gasteiger partial charge < -0.3 is 16.0 Å². The lowest BCUT2D eigenvalue weighted by molar-refractivity contribution is -0.116. The lowest BCUT2D eigenvalue weighted by Crippen LogP contribution is -2.26. The van der Waals surface area contributed by atoms with Gasteiger partial charge in [0.15, 0.2) is 0 Å². The number of carbonyl (C=O) groups is 3. The van der Waals surface area contributed by atoms with E-state index in [0.29, 0.717) is 35.6 Å². The first-order chi connectivity index (χ1) is 12.6. The summed E-state index contributed by atoms with van der Waals surface area (Å²) in [7, 11) is 0. The Balaban J connectivity index is 1.79. The van der Waals surface area contributed by atoms with Gasteiger partial charge in [-0.25, -0.2) is 0 Å². The van der Waals surface area contributed by atoms with Crippen LogP contribution >= 0.6 is 11.3 Å². The van der Waals surface area contributed by atoms with Crippen molar-refractivity contribution in [3.05, 3.63) is 64.9 Å². The molecule has 2 aromatic rings. The van der Waals surface area contributed by atoms with E-state index in [0.717, 1.165) is 0 Å². The summed E-state index contributed by atoms with van der Waals surface area (Å²) < 4.78 is 0. The second-order valence-electron chi connectivity index (χ2n) is 5.43. The van der Waals surface area contributed by atoms with Gasteiger partial charge in [-0.3, -0.25) is 14.4 Å². The molecule has 0 aliphatic carbocycles. The summed E-state index contributed by atoms with van der Waals surface area (Å²) in [6.07, 6.45) is 2.34. The Morgan fingerprint density at radius 3 is 2.58 bits per heavy atom. The molecule has 0 spiro atoms. The molecule has 0 bridgehead atoms. The molecule has 0 radical (unpaired) electrons. The highest BCUT2D eigenvalue weighted by atomic mass is 32.1. The zero-order valence-corrected chi connectivity index (χ0v) is 15.1. The molecule has 1 aromatic carbocycles. The smallest absolute Gasteiger partial charge is 0.261 e. The average Bonchev–Trinajstić information content (AvgIpc) is 3.18. The lowest BCUT2D eigenvalue weighted by atomic mass is 10.1. The van der Waals surface area contributed by atoms with E-state index in [-0.39, 0.29) is 24.1 Å². The fourth-order valence-electron chi connectivity index (χ4n) is 2.21. The Kier molecular flexibility index (Phi) is 7.57. The summed E-state index contributed by atoms with van der Waals surface area (Å²) >= 11 is 1.37. The first-order valence-corrected chi connectivity index (χ1v) is 9.09. The number of rotatable bonds is 9. The highest BCUT2D eigenvalue weighted by molar-refractivity contribution is 7.12. The van der Waals surface area contributed by atoms with Crippen LogP contribution in [0.4, 0.5) is 5.69 Å². The van der Waals surface area contributed by atoms with Crippen LogP contribution in [0.25, 0.3) is 0 Å². The van der Waals surface area contributed by atoms with Crippen LogP contribution < -0.4 is 16.0 Å². The number of thiophene rings is 1. The van der Waals surface area contributed by atoms with Crippen LogP contribution in [0, 0.1) is 0 Å². The summed E-state index contributed by atoms with van der Waals surface area (Å²) in [4.78, 5) is 36.6. The van der Waals surface area contributed by atoms with Crippen molar-refractivity contribution in [1.82, 2.24) is 10.6 Å². The van der Waals surface area contributed by atoms with Gasteiger partial charge in [0.2, 0.25) is 5.91 Å². The fraction of sp³-hybridized carbons (Fsp3) is 0.211. The van der Waals surface area contributed by atoms with Crippen LogP contribution in [0.2, 0.25) is 0 Å². The second kappa shape index (κ2) is 10.1. The molecule has 7 heteroatoms. The highest BCUT2D eigenvalue weighted by Crippen LogP contribution is 2.15. The molecule has 3 amide bonds. The fourth-order valence-corrected chi connectivity index (χ4v) is 2.85. The van der Waals surface area contributed by atoms with Gasteiger partial charge in [-0.1, -0.05) is 24.3 Å². The van der Waals surface area contributed by atoms with E-state index in [2.05, 4.69) is 22.5 Å². The molecular weight excluding hydrogens is 350 g/mol. The van der Waals surface area contributed by atoms with Crippen molar-refractivity contribution < 1.29 is 14.4 Å². The van der Waals surface area contributed by atoms with Gasteiger partial charge in [0.05, 0.1) is 16.1 Å². The standard InChI is InChI=1S/C19H21N3O3S/c1-2-11-20-18(24)14-7-3-4-8-15(14)22-17(23)10-5-12-21-19(25)16-9-6-13-26-16/h2-4,6-9,13H,1,5,10-12H2,(H,20,24)(H,21,25)(H,22,23). The largest absolute Gasteiger partial charge is 0.351 e. The Labute approximate surface area is 156 Å². The maximum atomic E-state index is 12.1. The van der Waals surface area contributed by atoms with Gasteiger partial charge in [-0.15, -0.1) is 17.9 Å². The molecule has 3 N–H and O–H groups in total. The number of hydrogen-bond acceptors (Lipinski definition) is 4. The Hall–Kier alpha value is -2.93. The Morgan fingerprint density at radius 2 is 1.85 bits per heavy atom. The molecule has 6 nitrogen and oxygen atoms in total. The highest BCUT2D eigenvalue weighted by Gasteiger charge is 2.12. The third-order valence-corrected chi connectivity index (χ3v) is 4.33. The maximum Gasteiger partial charge on any atom is 0.261 e. The van der Waals surface area contributed by atoms with Crippen LogP contribution in [-0.4, -0.2) is 30.8 Å². The topological polar surface area (TPSA) is 87.3 Å². The molecule has 2 rings (SSSR count). The van der Waals surface area contributed by atoms with Crippen LogP contribution in [0.15, 0.2) is 54.4 Å². The van der Waals surface area contributed by atoms with Crippen molar-refractivity contribution in [2.45, 2.75) is 12.8 Å². The van der Waals surface area contributed by atoms with Crippen LogP contribution in [-0.2, 0) is 4.79 Å². The van der Waals surface area contributed by atoms with E-state index in [4.69, 9.17) is 0 Å². The molecule has 136 valence electrons. The second-order valence-corrected chi connectivity index (χ2v) is 6.38. The molecular formula is C19H21N3O3S. The van der Waals surface area contributed by atoms with Crippen molar-refractivity contribution in [2.24, 2.45) is 0 Å². The van der Waals surface area contributed by atoms with Gasteiger partial charge in [0, 0.05) is 19.5 Å². The first-order valence-electron chi connectivity index (χ1n) is 8.21. The van der Waals surface area contributed by atoms with E-state index in [1.165, 1.54) is 11.3 Å². The van der Waals surface area contributed by atoms with Crippen LogP contribution in [0.5, 0.6) is 0 Å². The molecule has 0 saturated heterocycles. The number of carbonyl (C=O) groups excluding carboxylic acids is 3. The minimum Gasteiger partial charge on any atom is -0.351 e. The van der Waals surface area contributed by atoms with Crippen molar-refractivity contribution in [3.63, 3.8) is 0 Å². The maximum absolute atomic E-state index is 12.1. The quantitative estimate of drug-likeness (QED) is 0.468. The summed E-state index contributed by atoms with van der Waals surface area (Å²) in [5.41, 5.74) is 0.857. The molecule has 1 heterocycles. The third kappa shape index (κ3) is 5.86. The predicted octanol–water partition coefficient (Wildman–Crippen LogP) is 2.81. The van der Waals surface area contributed by atoms with E-state index in [1.807, 2.05) is 11.4 Å². The molecule has 0 unspecified atom stereocenters. The van der Waals surface area contributed by atoms with Gasteiger partial charge in [0.1, 0.15) is 0 Å². The van der Waals surface area contributed by atoms with Crippen molar-refractivity contribution in [2.75, 3.05) is 18.4 Å². The minimum atomic E-state index is -0.274. The summed E-state index contributed by atoms with van der Waals surface area (Å²) in [6, 6.07) is 10.4. The minimum absolute atomic E-state index is 0.135. The summed E-state index contributed by atoms with van der Waals surface area (Å²) in [5.74, 6) is -0.618. The molecule has 0 aliphatic heterocycles. The van der Waals surface area contributed by atoms with Gasteiger partial charge in [-0.2, -0.15) is 0 Å². The summed E-state index contributed by atoms with van der Waals surface area (Å²) in [5, 5.41) is 10.0. The molecule has 1 aromatic heterocycles. The van der Waals surface area contributed by atoms with Crippen molar-refractivity contribution >= 4 is 34.7 Å². The third-order valence-electron chi connectivity index (χ3n) is 3.46. The lowest BCUT2D eigenvalue weighted by Gasteiger charge is -2.11. The monoisotopic (exact) mass is 371 g/mol. The van der Waals surface area contributed by atoms with E-state index >= 15 is 0 Å². The van der Waals surface area contributed by atoms with E-state index in [9.17, 15) is 14.4 Å². The first kappa shape index (κ1) is 19.4. The number of para-hydroxylation sites is 1. The molecule has 0 atom stereocenters. The Bertz CT molecular complexity index is 772. The molecule has 26 heavy (non-hydrogen) atoms. The van der Waals surface area contributed by atoms with Gasteiger partial charge in [0.25, 0.3) is 11.8 Å². The van der Waals surface area contributed by atoms with Crippen LogP contribution in [0.1, 0.15) is 32.9 Å². The predicted molar refractivity (Wildman–Crippen MR) is 103 cm³/mol. The molecule has 0 aliphatic rings. The van der Waals surface area contributed by atoms with Gasteiger partial charge >= 0.3 is 0 Å². The zero-order valence-electron chi connectivity index (χ0n) is 14.3. The van der Waals surface area contributed by atoms with Crippen molar-refractivity contribution in [1.29, 1.82) is 0 Å².